The van der Waals surface area contributed by atoms with Crippen molar-refractivity contribution in [3.8, 4) is 0 Å². The molecule has 0 unspecified atom stereocenters. The second-order valence-corrected chi connectivity index (χ2v) is 8.33. The predicted octanol–water partition coefficient (Wildman–Crippen LogP) is 4.33. The van der Waals surface area contributed by atoms with Crippen molar-refractivity contribution in [2.75, 3.05) is 0 Å². The molecule has 1 N–H and O–H groups in total. The van der Waals surface area contributed by atoms with Gasteiger partial charge in [-0.2, -0.15) is 0 Å². The Hall–Kier alpha value is -2.08. The van der Waals surface area contributed by atoms with Gasteiger partial charge in [0, 0.05) is 10.8 Å². The van der Waals surface area contributed by atoms with E-state index in [-0.39, 0.29) is 7.48 Å². The number of nitrogens with zero attached hydrogens (tertiary/aromatic N) is 1. The van der Waals surface area contributed by atoms with Crippen LogP contribution in [0.2, 0.25) is 5.15 Å². The van der Waals surface area contributed by atoms with Gasteiger partial charge >= 0.3 is 7.48 Å². The van der Waals surface area contributed by atoms with E-state index >= 15 is 0 Å². The molecule has 0 aliphatic heterocycles. The van der Waals surface area contributed by atoms with Gasteiger partial charge in [0.25, 0.3) is 0 Å². The first-order chi connectivity index (χ1) is 12.7. The van der Waals surface area contributed by atoms with Crippen LogP contribution in [0.4, 0.5) is 0 Å². The van der Waals surface area contributed by atoms with Gasteiger partial charge in [0.15, 0.2) is 0 Å². The zero-order valence-electron chi connectivity index (χ0n) is 15.8. The summed E-state index contributed by atoms with van der Waals surface area (Å²) in [5, 5.41) is 14.8. The maximum Gasteiger partial charge on any atom is 0.310 e. The normalized spacial score (nSPS) is 13.0. The van der Waals surface area contributed by atoms with Crippen LogP contribution in [0.5, 0.6) is 0 Å². The molecular weight excluding hydrogens is 361 g/mol. The molecule has 0 amide bonds. The van der Waals surface area contributed by atoms with Crippen molar-refractivity contribution in [3.05, 3.63) is 47.6 Å². The lowest BCUT2D eigenvalue weighted by Crippen LogP contribution is -2.49. The molecule has 0 saturated carbocycles. The van der Waals surface area contributed by atoms with E-state index < -0.39 is 11.2 Å². The van der Waals surface area contributed by atoms with Gasteiger partial charge in [-0.1, -0.05) is 35.9 Å². The number of benzene rings is 2. The molecule has 0 radical (unpaired) electrons. The highest BCUT2D eigenvalue weighted by molar-refractivity contribution is 6.53. The Morgan fingerprint density at radius 3 is 2.41 bits per heavy atom. The summed E-state index contributed by atoms with van der Waals surface area (Å²) in [5.74, 6) is 0. The van der Waals surface area contributed by atoms with Gasteiger partial charge in [-0.15, -0.1) is 0 Å². The molecule has 2 heterocycles. The van der Waals surface area contributed by atoms with E-state index in [4.69, 9.17) is 20.7 Å². The van der Waals surface area contributed by atoms with E-state index in [9.17, 15) is 5.11 Å². The van der Waals surface area contributed by atoms with Crippen molar-refractivity contribution in [1.29, 1.82) is 0 Å². The third-order valence-corrected chi connectivity index (χ3v) is 5.62. The number of aromatic nitrogens is 1. The van der Waals surface area contributed by atoms with Gasteiger partial charge < -0.3 is 14.2 Å². The van der Waals surface area contributed by atoms with Crippen molar-refractivity contribution >= 4 is 57.4 Å². The molecule has 0 bridgehead atoms. The summed E-state index contributed by atoms with van der Waals surface area (Å²) in [6, 6.07) is 14.1. The molecule has 0 aliphatic rings. The highest BCUT2D eigenvalue weighted by Gasteiger charge is 2.36. The van der Waals surface area contributed by atoms with E-state index in [1.165, 1.54) is 0 Å². The summed E-state index contributed by atoms with van der Waals surface area (Å²) >= 11 is 6.22. The summed E-state index contributed by atoms with van der Waals surface area (Å²) < 4.78 is 12.1. The molecule has 6 heteroatoms. The molecular formula is C21H21BClNO3. The van der Waals surface area contributed by atoms with Crippen LogP contribution in [0.1, 0.15) is 27.7 Å². The van der Waals surface area contributed by atoms with Gasteiger partial charge in [-0.05, 0) is 62.1 Å². The molecule has 2 aromatic heterocycles. The summed E-state index contributed by atoms with van der Waals surface area (Å²) in [6.07, 6.45) is 0. The van der Waals surface area contributed by atoms with Gasteiger partial charge in [0.1, 0.15) is 10.7 Å². The quantitative estimate of drug-likeness (QED) is 0.422. The Kier molecular flexibility index (Phi) is 4.22. The topological polar surface area (TPSA) is 55.5 Å². The third kappa shape index (κ3) is 3.20. The number of hydrogen-bond acceptors (Lipinski definition) is 4. The van der Waals surface area contributed by atoms with Crippen LogP contribution in [-0.2, 0) is 4.65 Å². The zero-order chi connectivity index (χ0) is 19.4. The van der Waals surface area contributed by atoms with Gasteiger partial charge in [0.05, 0.1) is 11.2 Å². The van der Waals surface area contributed by atoms with E-state index in [2.05, 4.69) is 23.2 Å². The standard InChI is InChI=1S/C21H21BClNO3/c1-20(2,25)21(3,4)27-22-15-11-17(23)24-19-18(15)14-9-12-7-5-6-8-13(12)10-16(14)26-19/h5-11,22,25H,1-4H3. The summed E-state index contributed by atoms with van der Waals surface area (Å²) in [5.41, 5.74) is 0.420. The molecule has 4 rings (SSSR count). The fraction of sp³-hybridized carbons (Fsp3) is 0.286. The SMILES string of the molecule is CC(C)(O)C(C)(C)OBc1cc(Cl)nc2oc3cc4ccccc4cc3c12. The first-order valence-electron chi connectivity index (χ1n) is 8.92. The minimum atomic E-state index is -0.988. The van der Waals surface area contributed by atoms with Crippen molar-refractivity contribution in [2.24, 2.45) is 0 Å². The van der Waals surface area contributed by atoms with Crippen LogP contribution < -0.4 is 5.46 Å². The maximum atomic E-state index is 10.4. The summed E-state index contributed by atoms with van der Waals surface area (Å²) in [4.78, 5) is 4.35. The summed E-state index contributed by atoms with van der Waals surface area (Å²) in [7, 11) is 0.289. The fourth-order valence-corrected chi connectivity index (χ4v) is 3.26. The number of pyridine rings is 1. The van der Waals surface area contributed by atoms with E-state index in [1.54, 1.807) is 19.9 Å². The van der Waals surface area contributed by atoms with Gasteiger partial charge in [0.2, 0.25) is 5.71 Å². The molecule has 0 saturated heterocycles. The van der Waals surface area contributed by atoms with Crippen LogP contribution in [0.15, 0.2) is 46.9 Å². The van der Waals surface area contributed by atoms with Gasteiger partial charge in [-0.3, -0.25) is 0 Å². The first kappa shape index (κ1) is 18.3. The van der Waals surface area contributed by atoms with E-state index in [0.717, 1.165) is 32.6 Å². The molecule has 0 aliphatic carbocycles. The molecule has 0 atom stereocenters. The number of halogens is 1. The average Bonchev–Trinajstić information content (AvgIpc) is 2.93. The lowest BCUT2D eigenvalue weighted by molar-refractivity contribution is -0.0893. The van der Waals surface area contributed by atoms with Crippen molar-refractivity contribution in [3.63, 3.8) is 0 Å². The minimum absolute atomic E-state index is 0.289. The number of hydrogen-bond donors (Lipinski definition) is 1. The lowest BCUT2D eigenvalue weighted by atomic mass is 9.81. The molecule has 138 valence electrons. The Bertz CT molecular complexity index is 1160. The molecule has 4 nitrogen and oxygen atoms in total. The van der Waals surface area contributed by atoms with Crippen LogP contribution >= 0.6 is 11.6 Å². The van der Waals surface area contributed by atoms with E-state index in [0.29, 0.717) is 10.9 Å². The highest BCUT2D eigenvalue weighted by atomic mass is 35.5. The van der Waals surface area contributed by atoms with Gasteiger partial charge in [-0.25, -0.2) is 4.98 Å². The number of rotatable bonds is 4. The fourth-order valence-electron chi connectivity index (χ4n) is 3.05. The van der Waals surface area contributed by atoms with Crippen LogP contribution in [0.25, 0.3) is 32.8 Å². The first-order valence-corrected chi connectivity index (χ1v) is 9.30. The Morgan fingerprint density at radius 2 is 1.74 bits per heavy atom. The minimum Gasteiger partial charge on any atom is -0.438 e. The number of aliphatic hydroxyl groups is 1. The monoisotopic (exact) mass is 381 g/mol. The van der Waals surface area contributed by atoms with Crippen LogP contribution in [0, 0.1) is 0 Å². The smallest absolute Gasteiger partial charge is 0.310 e. The molecule has 0 spiro atoms. The van der Waals surface area contributed by atoms with E-state index in [1.807, 2.05) is 32.0 Å². The molecule has 4 aromatic rings. The van der Waals surface area contributed by atoms with Crippen molar-refractivity contribution in [1.82, 2.24) is 4.98 Å². The molecule has 2 aromatic carbocycles. The third-order valence-electron chi connectivity index (χ3n) is 5.42. The molecule has 27 heavy (non-hydrogen) atoms. The Balaban J connectivity index is 1.88. The van der Waals surface area contributed by atoms with Crippen molar-refractivity contribution < 1.29 is 14.2 Å². The number of furan rings is 1. The zero-order valence-corrected chi connectivity index (χ0v) is 16.6. The van der Waals surface area contributed by atoms with Crippen LogP contribution in [-0.4, -0.2) is 28.8 Å². The lowest BCUT2D eigenvalue weighted by Gasteiger charge is -2.37. The Morgan fingerprint density at radius 1 is 1.07 bits per heavy atom. The maximum absolute atomic E-state index is 10.4. The highest BCUT2D eigenvalue weighted by Crippen LogP contribution is 2.31. The molecule has 0 fully saturated rings. The predicted molar refractivity (Wildman–Crippen MR) is 112 cm³/mol. The number of fused-ring (bicyclic) bond motifs is 4. The largest absolute Gasteiger partial charge is 0.438 e. The second-order valence-electron chi connectivity index (χ2n) is 7.94. The second kappa shape index (κ2) is 6.23. The van der Waals surface area contributed by atoms with Crippen LogP contribution in [0.3, 0.4) is 0 Å². The van der Waals surface area contributed by atoms with Crippen molar-refractivity contribution in [2.45, 2.75) is 38.9 Å². The summed E-state index contributed by atoms with van der Waals surface area (Å²) in [6.45, 7) is 7.21. The average molecular weight is 382 g/mol. The Labute approximate surface area is 163 Å².